The molecule has 1 aliphatic rings. The molecule has 0 spiro atoms. The van der Waals surface area contributed by atoms with Crippen LogP contribution in [0.1, 0.15) is 86.0 Å². The summed E-state index contributed by atoms with van der Waals surface area (Å²) < 4.78 is 11.9. The van der Waals surface area contributed by atoms with Crippen LogP contribution < -0.4 is 14.8 Å². The minimum Gasteiger partial charge on any atom is -0.496 e. The molecular formula is C25H33NO3. The Morgan fingerprint density at radius 2 is 1.93 bits per heavy atom. The van der Waals surface area contributed by atoms with E-state index < -0.39 is 0 Å². The number of methoxy groups -OCH3 is 1. The van der Waals surface area contributed by atoms with E-state index in [2.05, 4.69) is 39.1 Å². The molecule has 4 nitrogen and oxygen atoms in total. The fraction of sp³-hybridized carbons (Fsp3) is 0.480. The first-order valence-corrected chi connectivity index (χ1v) is 10.6. The first kappa shape index (κ1) is 21.2. The SMILES string of the molecule is CCC1(CC)C[C@@H](NC(=O)c2cc(C(C)C)c(OC)cc2C)c2ccccc2O1. The number of hydrogen-bond acceptors (Lipinski definition) is 3. The van der Waals surface area contributed by atoms with Crippen molar-refractivity contribution in [2.75, 3.05) is 7.11 Å². The predicted molar refractivity (Wildman–Crippen MR) is 117 cm³/mol. The minimum absolute atomic E-state index is 0.0464. The second kappa shape index (κ2) is 8.48. The lowest BCUT2D eigenvalue weighted by molar-refractivity contribution is 0.0227. The van der Waals surface area contributed by atoms with Gasteiger partial charge in [-0.25, -0.2) is 0 Å². The number of fused-ring (bicyclic) bond motifs is 1. The molecule has 1 heterocycles. The van der Waals surface area contributed by atoms with Crippen LogP contribution in [0.15, 0.2) is 36.4 Å². The van der Waals surface area contributed by atoms with Crippen molar-refractivity contribution in [3.05, 3.63) is 58.7 Å². The highest BCUT2D eigenvalue weighted by molar-refractivity contribution is 5.96. The van der Waals surface area contributed by atoms with E-state index in [4.69, 9.17) is 9.47 Å². The number of para-hydroxylation sites is 1. The van der Waals surface area contributed by atoms with E-state index in [1.807, 2.05) is 37.3 Å². The summed E-state index contributed by atoms with van der Waals surface area (Å²) in [5.41, 5.74) is 3.48. The quantitative estimate of drug-likeness (QED) is 0.658. The Morgan fingerprint density at radius 1 is 1.24 bits per heavy atom. The highest BCUT2D eigenvalue weighted by Crippen LogP contribution is 2.42. The molecule has 1 atom stereocenters. The molecule has 0 unspecified atom stereocenters. The average Bonchev–Trinajstić information content (AvgIpc) is 2.72. The third-order valence-corrected chi connectivity index (χ3v) is 6.23. The van der Waals surface area contributed by atoms with Crippen LogP contribution in [0.3, 0.4) is 0 Å². The van der Waals surface area contributed by atoms with Gasteiger partial charge in [-0.15, -0.1) is 0 Å². The van der Waals surface area contributed by atoms with E-state index in [0.717, 1.165) is 47.5 Å². The molecule has 1 amide bonds. The zero-order valence-corrected chi connectivity index (χ0v) is 18.5. The summed E-state index contributed by atoms with van der Waals surface area (Å²) in [5.74, 6) is 1.94. The lowest BCUT2D eigenvalue weighted by Crippen LogP contribution is -2.44. The van der Waals surface area contributed by atoms with Crippen LogP contribution in [0, 0.1) is 6.92 Å². The minimum atomic E-state index is -0.246. The lowest BCUT2D eigenvalue weighted by atomic mass is 9.83. The van der Waals surface area contributed by atoms with Crippen molar-refractivity contribution in [1.82, 2.24) is 5.32 Å². The summed E-state index contributed by atoms with van der Waals surface area (Å²) in [6.45, 7) is 10.5. The third-order valence-electron chi connectivity index (χ3n) is 6.23. The van der Waals surface area contributed by atoms with Crippen molar-refractivity contribution in [3.63, 3.8) is 0 Å². The molecule has 0 aliphatic carbocycles. The lowest BCUT2D eigenvalue weighted by Gasteiger charge is -2.41. The van der Waals surface area contributed by atoms with Crippen molar-refractivity contribution < 1.29 is 14.3 Å². The van der Waals surface area contributed by atoms with Crippen LogP contribution in [0.5, 0.6) is 11.5 Å². The van der Waals surface area contributed by atoms with Crippen LogP contribution in [-0.4, -0.2) is 18.6 Å². The Kier molecular flexibility index (Phi) is 6.21. The zero-order valence-electron chi connectivity index (χ0n) is 18.5. The summed E-state index contributed by atoms with van der Waals surface area (Å²) >= 11 is 0. The van der Waals surface area contributed by atoms with E-state index in [1.165, 1.54) is 0 Å². The molecule has 0 saturated carbocycles. The molecule has 0 radical (unpaired) electrons. The van der Waals surface area contributed by atoms with Crippen molar-refractivity contribution >= 4 is 5.91 Å². The maximum atomic E-state index is 13.3. The molecule has 0 bridgehead atoms. The molecule has 0 aromatic heterocycles. The Bertz CT molecular complexity index is 884. The second-order valence-corrected chi connectivity index (χ2v) is 8.32. The standard InChI is InChI=1S/C25H33NO3/c1-7-25(8-2)15-21(18-11-9-10-12-22(18)29-25)26-24(27)20-14-19(16(3)4)23(28-6)13-17(20)5/h9-14,16,21H,7-8,15H2,1-6H3,(H,26,27)/t21-/m1/s1. The van der Waals surface area contributed by atoms with Crippen LogP contribution in [0.2, 0.25) is 0 Å². The van der Waals surface area contributed by atoms with Crippen LogP contribution in [0.4, 0.5) is 0 Å². The van der Waals surface area contributed by atoms with Crippen LogP contribution in [-0.2, 0) is 0 Å². The normalized spacial score (nSPS) is 17.4. The van der Waals surface area contributed by atoms with Gasteiger partial charge in [0.05, 0.1) is 13.2 Å². The number of carbonyl (C=O) groups excluding carboxylic acids is 1. The van der Waals surface area contributed by atoms with E-state index in [1.54, 1.807) is 7.11 Å². The Labute approximate surface area is 174 Å². The molecule has 4 heteroatoms. The topological polar surface area (TPSA) is 47.6 Å². The van der Waals surface area contributed by atoms with E-state index in [0.29, 0.717) is 5.56 Å². The highest BCUT2D eigenvalue weighted by atomic mass is 16.5. The van der Waals surface area contributed by atoms with Gasteiger partial charge < -0.3 is 14.8 Å². The molecule has 0 fully saturated rings. The van der Waals surface area contributed by atoms with Gasteiger partial charge in [-0.1, -0.05) is 45.9 Å². The Balaban J connectivity index is 1.95. The first-order valence-electron chi connectivity index (χ1n) is 10.6. The van der Waals surface area contributed by atoms with Crippen LogP contribution >= 0.6 is 0 Å². The van der Waals surface area contributed by atoms with Crippen molar-refractivity contribution in [3.8, 4) is 11.5 Å². The van der Waals surface area contributed by atoms with Gasteiger partial charge in [0.2, 0.25) is 0 Å². The fourth-order valence-corrected chi connectivity index (χ4v) is 4.24. The Morgan fingerprint density at radius 3 is 2.55 bits per heavy atom. The summed E-state index contributed by atoms with van der Waals surface area (Å²) in [7, 11) is 1.68. The van der Waals surface area contributed by atoms with Gasteiger partial charge in [0.25, 0.3) is 5.91 Å². The van der Waals surface area contributed by atoms with E-state index >= 15 is 0 Å². The van der Waals surface area contributed by atoms with Gasteiger partial charge in [0, 0.05) is 17.5 Å². The highest BCUT2D eigenvalue weighted by Gasteiger charge is 2.39. The smallest absolute Gasteiger partial charge is 0.252 e. The zero-order chi connectivity index (χ0) is 21.2. The summed E-state index contributed by atoms with van der Waals surface area (Å²) in [5, 5.41) is 3.30. The Hall–Kier alpha value is -2.49. The molecule has 2 aromatic rings. The number of nitrogens with one attached hydrogen (secondary N) is 1. The molecule has 2 aromatic carbocycles. The van der Waals surface area contributed by atoms with Gasteiger partial charge in [-0.05, 0) is 55.0 Å². The number of amides is 1. The summed E-state index contributed by atoms with van der Waals surface area (Å²) in [4.78, 5) is 13.3. The fourth-order valence-electron chi connectivity index (χ4n) is 4.24. The number of rotatable bonds is 6. The summed E-state index contributed by atoms with van der Waals surface area (Å²) in [6.07, 6.45) is 2.58. The van der Waals surface area contributed by atoms with Gasteiger partial charge in [0.1, 0.15) is 17.1 Å². The maximum Gasteiger partial charge on any atom is 0.252 e. The van der Waals surface area contributed by atoms with Gasteiger partial charge in [0.15, 0.2) is 0 Å². The van der Waals surface area contributed by atoms with E-state index in [9.17, 15) is 4.79 Å². The van der Waals surface area contributed by atoms with Gasteiger partial charge >= 0.3 is 0 Å². The van der Waals surface area contributed by atoms with Gasteiger partial charge in [-0.3, -0.25) is 4.79 Å². The number of hydrogen-bond donors (Lipinski definition) is 1. The molecule has 3 rings (SSSR count). The molecular weight excluding hydrogens is 362 g/mol. The van der Waals surface area contributed by atoms with E-state index in [-0.39, 0.29) is 23.5 Å². The summed E-state index contributed by atoms with van der Waals surface area (Å²) in [6, 6.07) is 11.9. The van der Waals surface area contributed by atoms with Crippen molar-refractivity contribution in [1.29, 1.82) is 0 Å². The molecule has 156 valence electrons. The van der Waals surface area contributed by atoms with Crippen molar-refractivity contribution in [2.45, 2.75) is 71.4 Å². The molecule has 1 N–H and O–H groups in total. The van der Waals surface area contributed by atoms with Crippen molar-refractivity contribution in [2.24, 2.45) is 0 Å². The number of ether oxygens (including phenoxy) is 2. The van der Waals surface area contributed by atoms with Crippen LogP contribution in [0.25, 0.3) is 0 Å². The number of aryl methyl sites for hydroxylation is 1. The molecule has 29 heavy (non-hydrogen) atoms. The number of carbonyl (C=O) groups is 1. The third kappa shape index (κ3) is 4.12. The monoisotopic (exact) mass is 395 g/mol. The predicted octanol–water partition coefficient (Wildman–Crippen LogP) is 5.94. The molecule has 1 aliphatic heterocycles. The average molecular weight is 396 g/mol. The second-order valence-electron chi connectivity index (χ2n) is 8.32. The van der Waals surface area contributed by atoms with Gasteiger partial charge in [-0.2, -0.15) is 0 Å². The number of benzene rings is 2. The first-order chi connectivity index (χ1) is 13.8. The molecule has 0 saturated heterocycles. The maximum absolute atomic E-state index is 13.3. The largest absolute Gasteiger partial charge is 0.496 e.